The van der Waals surface area contributed by atoms with Crippen molar-refractivity contribution < 1.29 is 38.4 Å². The maximum absolute atomic E-state index is 12.9. The van der Waals surface area contributed by atoms with E-state index in [-0.39, 0.29) is 31.8 Å². The van der Waals surface area contributed by atoms with Gasteiger partial charge in [0, 0.05) is 29.4 Å². The van der Waals surface area contributed by atoms with Crippen molar-refractivity contribution in [3.8, 4) is 0 Å². The zero-order valence-electron chi connectivity index (χ0n) is 20.5. The van der Waals surface area contributed by atoms with Crippen molar-refractivity contribution in [3.05, 3.63) is 48.1 Å². The average molecular weight is 487 g/mol. The molecule has 0 aromatic heterocycles. The summed E-state index contributed by atoms with van der Waals surface area (Å²) < 4.78 is 23.2. The van der Waals surface area contributed by atoms with Gasteiger partial charge in [-0.25, -0.2) is 14.4 Å². The predicted molar refractivity (Wildman–Crippen MR) is 126 cm³/mol. The number of rotatable bonds is 0. The van der Waals surface area contributed by atoms with E-state index in [2.05, 4.69) is 12.7 Å². The highest BCUT2D eigenvalue weighted by atomic mass is 16.6. The highest BCUT2D eigenvalue weighted by molar-refractivity contribution is 5.84. The van der Waals surface area contributed by atoms with Crippen LogP contribution in [0.5, 0.6) is 0 Å². The SMILES string of the molecule is C=C1[C@H]2C[C@H]3OC(=O)/C=C\C=C\C(=O)OCC[C@@H](C)[C@H](O)C(=O)OC[C@@]4(CCC(C)=C[C@H]4O2)[C@]13C. The van der Waals surface area contributed by atoms with Gasteiger partial charge in [-0.15, -0.1) is 0 Å². The number of esters is 3. The number of carbonyl (C=O) groups excluding carboxylic acids is 3. The molecular weight excluding hydrogens is 452 g/mol. The highest BCUT2D eigenvalue weighted by Crippen LogP contribution is 2.65. The lowest BCUT2D eigenvalue weighted by molar-refractivity contribution is -0.189. The maximum atomic E-state index is 12.9. The van der Waals surface area contributed by atoms with Gasteiger partial charge in [-0.2, -0.15) is 0 Å². The summed E-state index contributed by atoms with van der Waals surface area (Å²) in [4.78, 5) is 37.4. The molecule has 0 radical (unpaired) electrons. The number of carbonyl (C=O) groups is 3. The largest absolute Gasteiger partial charge is 0.463 e. The van der Waals surface area contributed by atoms with Crippen molar-refractivity contribution in [2.75, 3.05) is 13.2 Å². The van der Waals surface area contributed by atoms with Crippen molar-refractivity contribution in [2.24, 2.45) is 16.7 Å². The van der Waals surface area contributed by atoms with Gasteiger partial charge < -0.3 is 24.1 Å². The van der Waals surface area contributed by atoms with Crippen LogP contribution in [0, 0.1) is 16.7 Å². The van der Waals surface area contributed by atoms with Crippen molar-refractivity contribution in [1.29, 1.82) is 0 Å². The molecule has 35 heavy (non-hydrogen) atoms. The average Bonchev–Trinajstić information content (AvgIpc) is 2.99. The van der Waals surface area contributed by atoms with E-state index in [9.17, 15) is 19.5 Å². The number of hydrogen-bond acceptors (Lipinski definition) is 8. The minimum Gasteiger partial charge on any atom is -0.463 e. The van der Waals surface area contributed by atoms with Crippen molar-refractivity contribution >= 4 is 17.9 Å². The molecule has 8 nitrogen and oxygen atoms in total. The smallest absolute Gasteiger partial charge is 0.335 e. The Morgan fingerprint density at radius 3 is 2.57 bits per heavy atom. The van der Waals surface area contributed by atoms with Gasteiger partial charge in [0.05, 0.1) is 18.8 Å². The molecule has 7 atom stereocenters. The Morgan fingerprint density at radius 2 is 1.83 bits per heavy atom. The summed E-state index contributed by atoms with van der Waals surface area (Å²) in [5, 5.41) is 10.6. The minimum atomic E-state index is -1.37. The van der Waals surface area contributed by atoms with Crippen LogP contribution in [0.25, 0.3) is 0 Å². The first-order valence-electron chi connectivity index (χ1n) is 12.2. The number of allylic oxidation sites excluding steroid dienone is 3. The molecule has 2 aliphatic heterocycles. The molecule has 1 saturated carbocycles. The number of ether oxygens (including phenoxy) is 4. The summed E-state index contributed by atoms with van der Waals surface area (Å²) in [5.41, 5.74) is 0.604. The van der Waals surface area contributed by atoms with Crippen LogP contribution in [-0.2, 0) is 33.3 Å². The molecular formula is C27H34O8. The molecule has 0 aromatic carbocycles. The number of fused-ring (bicyclic) bond motifs is 1. The summed E-state index contributed by atoms with van der Waals surface area (Å²) in [6, 6.07) is 0. The van der Waals surface area contributed by atoms with Crippen LogP contribution >= 0.6 is 0 Å². The minimum absolute atomic E-state index is 0.00604. The molecule has 2 fully saturated rings. The van der Waals surface area contributed by atoms with Gasteiger partial charge in [0.25, 0.3) is 0 Å². The fraction of sp³-hybridized carbons (Fsp3) is 0.593. The van der Waals surface area contributed by atoms with Crippen LogP contribution in [-0.4, -0.2) is 60.6 Å². The maximum Gasteiger partial charge on any atom is 0.335 e. The third-order valence-corrected chi connectivity index (χ3v) is 8.32. The first-order valence-corrected chi connectivity index (χ1v) is 12.2. The van der Waals surface area contributed by atoms with E-state index >= 15 is 0 Å². The Kier molecular flexibility index (Phi) is 7.06. The van der Waals surface area contributed by atoms with E-state index in [1.54, 1.807) is 6.92 Å². The molecule has 1 N–H and O–H groups in total. The first-order chi connectivity index (χ1) is 16.6. The van der Waals surface area contributed by atoms with E-state index in [1.165, 1.54) is 29.9 Å². The lowest BCUT2D eigenvalue weighted by Gasteiger charge is -2.56. The van der Waals surface area contributed by atoms with E-state index in [4.69, 9.17) is 18.9 Å². The number of aliphatic hydroxyl groups is 1. The molecule has 1 spiro atoms. The summed E-state index contributed by atoms with van der Waals surface area (Å²) >= 11 is 0. The molecule has 0 aromatic rings. The molecule has 2 aliphatic carbocycles. The number of hydrogen-bond donors (Lipinski definition) is 1. The molecule has 190 valence electrons. The van der Waals surface area contributed by atoms with Crippen LogP contribution in [0.4, 0.5) is 0 Å². The fourth-order valence-corrected chi connectivity index (χ4v) is 5.84. The molecule has 8 heteroatoms. The Morgan fingerprint density at radius 1 is 1.11 bits per heavy atom. The summed E-state index contributed by atoms with van der Waals surface area (Å²) in [7, 11) is 0. The number of aliphatic hydroxyl groups excluding tert-OH is 1. The Hall–Kier alpha value is -2.71. The van der Waals surface area contributed by atoms with E-state index < -0.39 is 46.9 Å². The second-order valence-electron chi connectivity index (χ2n) is 10.3. The van der Waals surface area contributed by atoms with Crippen LogP contribution in [0.15, 0.2) is 48.1 Å². The number of cyclic esters (lactones) is 2. The molecule has 4 rings (SSSR count). The third-order valence-electron chi connectivity index (χ3n) is 8.32. The van der Waals surface area contributed by atoms with Gasteiger partial charge in [0.2, 0.25) is 0 Å². The first kappa shape index (κ1) is 25.4. The van der Waals surface area contributed by atoms with Gasteiger partial charge >= 0.3 is 17.9 Å². The summed E-state index contributed by atoms with van der Waals surface area (Å²) in [6.07, 6.45) is 7.01. The summed E-state index contributed by atoms with van der Waals surface area (Å²) in [6.45, 7) is 10.1. The summed E-state index contributed by atoms with van der Waals surface area (Å²) in [5.74, 6) is -2.36. The van der Waals surface area contributed by atoms with E-state index in [0.717, 1.165) is 12.0 Å². The standard InChI is InChI=1S/C27H34O8/c1-16-9-11-27-15-33-25(31)24(30)17(2)10-12-32-22(28)7-5-6-8-23(29)35-20-14-19(34-21(27)13-16)18(3)26(20,27)4/h5-8,13,17,19-21,24,30H,3,9-12,14-15H2,1-2,4H3/b7-5+,8-6-/t17-,19-,20-,21-,24+,26-,27-/m1/s1. The lowest BCUT2D eigenvalue weighted by Crippen LogP contribution is -2.60. The van der Waals surface area contributed by atoms with E-state index in [0.29, 0.717) is 12.8 Å². The molecule has 0 unspecified atom stereocenters. The van der Waals surface area contributed by atoms with Crippen molar-refractivity contribution in [2.45, 2.75) is 70.9 Å². The lowest BCUT2D eigenvalue weighted by atomic mass is 9.53. The van der Waals surface area contributed by atoms with Gasteiger partial charge in [-0.1, -0.05) is 44.2 Å². The quantitative estimate of drug-likeness (QED) is 0.316. The normalized spacial score (nSPS) is 42.4. The molecule has 2 bridgehead atoms. The predicted octanol–water partition coefficient (Wildman–Crippen LogP) is 2.96. The Labute approximate surface area is 205 Å². The van der Waals surface area contributed by atoms with Gasteiger partial charge in [0.1, 0.15) is 12.7 Å². The van der Waals surface area contributed by atoms with Crippen LogP contribution < -0.4 is 0 Å². The second kappa shape index (κ2) is 9.74. The molecule has 4 aliphatic rings. The zero-order valence-corrected chi connectivity index (χ0v) is 20.5. The zero-order chi connectivity index (χ0) is 25.4. The highest BCUT2D eigenvalue weighted by Gasteiger charge is 2.68. The Bertz CT molecular complexity index is 993. The van der Waals surface area contributed by atoms with Crippen LogP contribution in [0.2, 0.25) is 0 Å². The monoisotopic (exact) mass is 486 g/mol. The van der Waals surface area contributed by atoms with Crippen LogP contribution in [0.3, 0.4) is 0 Å². The Balaban J connectivity index is 1.71. The molecule has 2 heterocycles. The fourth-order valence-electron chi connectivity index (χ4n) is 5.84. The molecule has 1 saturated heterocycles. The molecule has 0 amide bonds. The van der Waals surface area contributed by atoms with Crippen molar-refractivity contribution in [1.82, 2.24) is 0 Å². The topological polar surface area (TPSA) is 108 Å². The van der Waals surface area contributed by atoms with Gasteiger partial charge in [-0.3, -0.25) is 0 Å². The van der Waals surface area contributed by atoms with Crippen LogP contribution in [0.1, 0.15) is 46.5 Å². The second-order valence-corrected chi connectivity index (χ2v) is 10.3. The van der Waals surface area contributed by atoms with E-state index in [1.807, 2.05) is 13.8 Å². The third kappa shape index (κ3) is 4.49. The van der Waals surface area contributed by atoms with Gasteiger partial charge in [0.15, 0.2) is 6.10 Å². The van der Waals surface area contributed by atoms with Gasteiger partial charge in [-0.05, 0) is 37.7 Å². The van der Waals surface area contributed by atoms with Crippen molar-refractivity contribution in [3.63, 3.8) is 0 Å².